The minimum Gasteiger partial charge on any atom is -0.497 e. The molecule has 1 aliphatic carbocycles. The highest BCUT2D eigenvalue weighted by molar-refractivity contribution is 5.49. The molecule has 4 nitrogen and oxygen atoms in total. The van der Waals surface area contributed by atoms with Gasteiger partial charge in [-0.05, 0) is 69.0 Å². The summed E-state index contributed by atoms with van der Waals surface area (Å²) in [5.74, 6) is 1.99. The first kappa shape index (κ1) is 20.0. The van der Waals surface area contributed by atoms with Crippen molar-refractivity contribution in [1.29, 1.82) is 0 Å². The number of methoxy groups -OCH3 is 1. The Balaban J connectivity index is 1.20. The summed E-state index contributed by atoms with van der Waals surface area (Å²) >= 11 is 0. The minimum absolute atomic E-state index is 0.776. The van der Waals surface area contributed by atoms with Crippen molar-refractivity contribution in [2.75, 3.05) is 57.8 Å². The van der Waals surface area contributed by atoms with Crippen LogP contribution in [-0.2, 0) is 0 Å². The predicted octanol–water partition coefficient (Wildman–Crippen LogP) is 4.25. The van der Waals surface area contributed by atoms with E-state index in [4.69, 9.17) is 4.74 Å². The Bertz CT molecular complexity index is 576. The van der Waals surface area contributed by atoms with Crippen LogP contribution in [0.1, 0.15) is 51.4 Å². The van der Waals surface area contributed by atoms with Gasteiger partial charge in [0.2, 0.25) is 0 Å². The third kappa shape index (κ3) is 5.21. The number of hydrogen-bond donors (Lipinski definition) is 0. The quantitative estimate of drug-likeness (QED) is 0.698. The van der Waals surface area contributed by atoms with Crippen LogP contribution in [-0.4, -0.2) is 68.8 Å². The molecule has 0 aromatic heterocycles. The van der Waals surface area contributed by atoms with E-state index in [0.717, 1.165) is 30.8 Å². The van der Waals surface area contributed by atoms with Crippen LogP contribution >= 0.6 is 0 Å². The SMILES string of the molecule is COc1ccc(N2CCN([C@@H]3CCCN(CCCC4CCCC4)C3)CC2)cc1. The van der Waals surface area contributed by atoms with Crippen molar-refractivity contribution in [3.05, 3.63) is 24.3 Å². The standard InChI is InChI=1S/C24H39N3O/c1-28-24-12-10-22(11-13-24)26-16-18-27(19-17-26)23-9-5-15-25(20-23)14-4-8-21-6-2-3-7-21/h10-13,21,23H,2-9,14-20H2,1H3/t23-/m1/s1. The normalized spacial score (nSPS) is 25.3. The van der Waals surface area contributed by atoms with Crippen molar-refractivity contribution in [1.82, 2.24) is 9.80 Å². The van der Waals surface area contributed by atoms with Crippen LogP contribution in [0.3, 0.4) is 0 Å². The molecule has 2 saturated heterocycles. The highest BCUT2D eigenvalue weighted by Crippen LogP contribution is 2.29. The van der Waals surface area contributed by atoms with Crippen LogP contribution < -0.4 is 9.64 Å². The first-order chi connectivity index (χ1) is 13.8. The van der Waals surface area contributed by atoms with Gasteiger partial charge in [0, 0.05) is 44.5 Å². The Kier molecular flexibility index (Phi) is 7.14. The Hall–Kier alpha value is -1.26. The minimum atomic E-state index is 0.776. The van der Waals surface area contributed by atoms with Crippen molar-refractivity contribution in [2.45, 2.75) is 57.4 Å². The van der Waals surface area contributed by atoms with E-state index >= 15 is 0 Å². The van der Waals surface area contributed by atoms with Crippen molar-refractivity contribution >= 4 is 5.69 Å². The van der Waals surface area contributed by atoms with E-state index < -0.39 is 0 Å². The smallest absolute Gasteiger partial charge is 0.119 e. The van der Waals surface area contributed by atoms with Crippen LogP contribution in [0.5, 0.6) is 5.75 Å². The zero-order valence-electron chi connectivity index (χ0n) is 17.8. The Morgan fingerprint density at radius 3 is 2.36 bits per heavy atom. The fraction of sp³-hybridized carbons (Fsp3) is 0.750. The van der Waals surface area contributed by atoms with E-state index in [0.29, 0.717) is 0 Å². The lowest BCUT2D eigenvalue weighted by Crippen LogP contribution is -2.55. The summed E-state index contributed by atoms with van der Waals surface area (Å²) in [7, 11) is 1.73. The molecule has 0 unspecified atom stereocenters. The molecule has 3 fully saturated rings. The monoisotopic (exact) mass is 385 g/mol. The lowest BCUT2D eigenvalue weighted by Gasteiger charge is -2.44. The third-order valence-electron chi connectivity index (χ3n) is 7.31. The summed E-state index contributed by atoms with van der Waals surface area (Å²) in [6.07, 6.45) is 11.6. The molecule has 1 atom stereocenters. The fourth-order valence-electron chi connectivity index (χ4n) is 5.57. The molecule has 0 spiro atoms. The second kappa shape index (κ2) is 9.98. The molecule has 4 heteroatoms. The molecule has 28 heavy (non-hydrogen) atoms. The Morgan fingerprint density at radius 1 is 0.893 bits per heavy atom. The van der Waals surface area contributed by atoms with Gasteiger partial charge in [-0.2, -0.15) is 0 Å². The maximum absolute atomic E-state index is 5.29. The highest BCUT2D eigenvalue weighted by atomic mass is 16.5. The number of rotatable bonds is 7. The lowest BCUT2D eigenvalue weighted by molar-refractivity contribution is 0.0909. The van der Waals surface area contributed by atoms with Crippen LogP contribution in [0, 0.1) is 5.92 Å². The zero-order chi connectivity index (χ0) is 19.2. The number of nitrogens with zero attached hydrogens (tertiary/aromatic N) is 3. The fourth-order valence-corrected chi connectivity index (χ4v) is 5.57. The van der Waals surface area contributed by atoms with Crippen molar-refractivity contribution < 1.29 is 4.74 Å². The summed E-state index contributed by atoms with van der Waals surface area (Å²) in [6, 6.07) is 9.32. The number of anilines is 1. The van der Waals surface area contributed by atoms with Crippen LogP contribution in [0.2, 0.25) is 0 Å². The maximum Gasteiger partial charge on any atom is 0.119 e. The summed E-state index contributed by atoms with van der Waals surface area (Å²) in [6.45, 7) is 8.65. The predicted molar refractivity (Wildman–Crippen MR) is 117 cm³/mol. The van der Waals surface area contributed by atoms with Crippen LogP contribution in [0.15, 0.2) is 24.3 Å². The summed E-state index contributed by atoms with van der Waals surface area (Å²) < 4.78 is 5.29. The topological polar surface area (TPSA) is 19.0 Å². The van der Waals surface area contributed by atoms with Gasteiger partial charge in [-0.3, -0.25) is 4.90 Å². The molecule has 0 N–H and O–H groups in total. The van der Waals surface area contributed by atoms with Crippen molar-refractivity contribution in [3.63, 3.8) is 0 Å². The van der Waals surface area contributed by atoms with Crippen molar-refractivity contribution in [2.24, 2.45) is 5.92 Å². The molecule has 4 rings (SSSR count). The largest absolute Gasteiger partial charge is 0.497 e. The number of ether oxygens (including phenoxy) is 1. The van der Waals surface area contributed by atoms with E-state index in [1.165, 1.54) is 89.8 Å². The van der Waals surface area contributed by atoms with Gasteiger partial charge in [0.25, 0.3) is 0 Å². The van der Waals surface area contributed by atoms with E-state index in [-0.39, 0.29) is 0 Å². The number of likely N-dealkylation sites (tertiary alicyclic amines) is 1. The highest BCUT2D eigenvalue weighted by Gasteiger charge is 2.28. The first-order valence-corrected chi connectivity index (χ1v) is 11.7. The molecule has 1 saturated carbocycles. The number of benzene rings is 1. The maximum atomic E-state index is 5.29. The van der Waals surface area contributed by atoms with E-state index in [1.54, 1.807) is 7.11 Å². The van der Waals surface area contributed by atoms with Crippen LogP contribution in [0.4, 0.5) is 5.69 Å². The van der Waals surface area contributed by atoms with Gasteiger partial charge in [0.05, 0.1) is 7.11 Å². The number of hydrogen-bond acceptors (Lipinski definition) is 4. The van der Waals surface area contributed by atoms with E-state index in [1.807, 2.05) is 0 Å². The third-order valence-corrected chi connectivity index (χ3v) is 7.31. The second-order valence-electron chi connectivity index (χ2n) is 9.11. The lowest BCUT2D eigenvalue weighted by atomic mass is 10.00. The number of piperidine rings is 1. The Morgan fingerprint density at radius 2 is 1.64 bits per heavy atom. The molecule has 0 radical (unpaired) electrons. The zero-order valence-corrected chi connectivity index (χ0v) is 17.8. The molecule has 0 bridgehead atoms. The van der Waals surface area contributed by atoms with E-state index in [2.05, 4.69) is 39.0 Å². The first-order valence-electron chi connectivity index (χ1n) is 11.7. The van der Waals surface area contributed by atoms with Gasteiger partial charge in [0.1, 0.15) is 5.75 Å². The van der Waals surface area contributed by atoms with Gasteiger partial charge in [-0.15, -0.1) is 0 Å². The molecule has 1 aromatic carbocycles. The molecular weight excluding hydrogens is 346 g/mol. The molecule has 3 aliphatic rings. The molecule has 156 valence electrons. The average Bonchev–Trinajstić information content (AvgIpc) is 3.28. The van der Waals surface area contributed by atoms with Gasteiger partial charge in [-0.1, -0.05) is 25.7 Å². The average molecular weight is 386 g/mol. The molecule has 2 heterocycles. The summed E-state index contributed by atoms with van der Waals surface area (Å²) in [5, 5.41) is 0. The molecular formula is C24H39N3O. The summed E-state index contributed by atoms with van der Waals surface area (Å²) in [4.78, 5) is 8.06. The van der Waals surface area contributed by atoms with Gasteiger partial charge < -0.3 is 14.5 Å². The second-order valence-corrected chi connectivity index (χ2v) is 9.11. The molecule has 0 amide bonds. The summed E-state index contributed by atoms with van der Waals surface area (Å²) in [5.41, 5.74) is 1.33. The van der Waals surface area contributed by atoms with Gasteiger partial charge >= 0.3 is 0 Å². The van der Waals surface area contributed by atoms with Crippen molar-refractivity contribution in [3.8, 4) is 5.75 Å². The van der Waals surface area contributed by atoms with Gasteiger partial charge in [0.15, 0.2) is 0 Å². The van der Waals surface area contributed by atoms with E-state index in [9.17, 15) is 0 Å². The number of piperazine rings is 1. The van der Waals surface area contributed by atoms with Crippen LogP contribution in [0.25, 0.3) is 0 Å². The molecule has 2 aliphatic heterocycles. The van der Waals surface area contributed by atoms with Gasteiger partial charge in [-0.25, -0.2) is 0 Å². The molecule has 1 aromatic rings. The Labute approximate surface area is 171 Å².